The van der Waals surface area contributed by atoms with Crippen LogP contribution in [0.1, 0.15) is 54.9 Å². The van der Waals surface area contributed by atoms with Crippen LogP contribution in [-0.2, 0) is 54.2 Å². The Kier molecular flexibility index (Phi) is 24.4. The average Bonchev–Trinajstić information content (AvgIpc) is 3.37. The maximum Gasteiger partial charge on any atom is 0.434 e. The molecular weight excluding hydrogens is 910 g/mol. The summed E-state index contributed by atoms with van der Waals surface area (Å²) in [7, 11) is -2.63. The molecule has 0 aliphatic rings. The van der Waals surface area contributed by atoms with E-state index in [-0.39, 0.29) is 40.4 Å². The molecule has 0 aliphatic heterocycles. The van der Waals surface area contributed by atoms with E-state index in [1.807, 2.05) is 37.4 Å². The number of aliphatic carboxylic acids is 1. The topological polar surface area (TPSA) is 183 Å². The van der Waals surface area contributed by atoms with Crippen LogP contribution in [0.25, 0.3) is 11.3 Å². The molecule has 0 radical (unpaired) electrons. The van der Waals surface area contributed by atoms with Gasteiger partial charge >= 0.3 is 18.1 Å². The molecule has 3 aromatic rings. The number of aromatic nitrogens is 2. The van der Waals surface area contributed by atoms with E-state index in [4.69, 9.17) is 42.7 Å². The van der Waals surface area contributed by atoms with E-state index < -0.39 is 60.6 Å². The number of carboxylic acids is 1. The number of rotatable bonds is 13. The number of nitrogens with zero attached hydrogens (tertiary/aromatic N) is 3. The minimum absolute atomic E-state index is 0.0371. The number of halogens is 7. The highest BCUT2D eigenvalue weighted by Gasteiger charge is 2.39. The third-order valence-electron chi connectivity index (χ3n) is 6.53. The van der Waals surface area contributed by atoms with Crippen molar-refractivity contribution in [2.75, 3.05) is 55.7 Å². The van der Waals surface area contributed by atoms with Crippen LogP contribution in [0.4, 0.5) is 23.2 Å². The van der Waals surface area contributed by atoms with Crippen LogP contribution in [-0.4, -0.2) is 94.5 Å². The largest absolute Gasteiger partial charge is 0.778 e. The summed E-state index contributed by atoms with van der Waals surface area (Å²) in [6.45, 7) is 9.54. The van der Waals surface area contributed by atoms with Crippen molar-refractivity contribution >= 4 is 81.2 Å². The Bertz CT molecular complexity index is 1830. The molecule has 0 saturated carbocycles. The predicted molar refractivity (Wildman–Crippen MR) is 218 cm³/mol. The Hall–Kier alpha value is -2.74. The summed E-state index contributed by atoms with van der Waals surface area (Å²) in [5.41, 5.74) is 1.27. The van der Waals surface area contributed by atoms with Crippen molar-refractivity contribution in [2.45, 2.75) is 53.3 Å². The lowest BCUT2D eigenvalue weighted by molar-refractivity contribution is -0.193. The summed E-state index contributed by atoms with van der Waals surface area (Å²) in [6.07, 6.45) is 1.60. The molecule has 0 spiro atoms. The molecule has 13 nitrogen and oxygen atoms in total. The fourth-order valence-electron chi connectivity index (χ4n) is 4.35. The monoisotopic (exact) mass is 956 g/mol. The third-order valence-corrected chi connectivity index (χ3v) is 8.45. The summed E-state index contributed by atoms with van der Waals surface area (Å²) >= 11 is 14.3. The second-order valence-corrected chi connectivity index (χ2v) is 17.8. The number of carbonyl (C=O) groups excluding carboxylic acids is 2. The van der Waals surface area contributed by atoms with Gasteiger partial charge in [-0.15, -0.1) is 11.6 Å². The normalized spacial score (nSPS) is 12.0. The quantitative estimate of drug-likeness (QED) is 0.0400. The van der Waals surface area contributed by atoms with Crippen molar-refractivity contribution in [3.8, 4) is 11.3 Å². The number of ether oxygens (including phenoxy) is 2. The number of para-hydroxylation sites is 1. The van der Waals surface area contributed by atoms with Crippen LogP contribution < -0.4 is 15.1 Å². The first-order valence-corrected chi connectivity index (χ1v) is 22.6. The number of aryl methyl sites for hydroxylation is 3. The second-order valence-electron chi connectivity index (χ2n) is 12.3. The standard InChI is InChI=1S/C15H12BrClF4N2O2.C14H20ClNO2.C3H8NO5P.C3H9S/c1-6(2)25-14(24)7-4-8(10(18)5-9(7)17)12-11(16)13(15(19,20)21)23(3)22-12;1-4-12-8-6-7-11(3)14(12)16(10-18-5-2)13(17)9-15;5-3(6)1-4-2-10(7,8)9;1-4(2)3/h4-6H,1-3H3;6-8H,4-5,9-10H2,1-3H3;4H,1-2H2,(H,5,6)(H2,7,8,9);1-3H3/q;;;+1/p-1. The molecule has 0 fully saturated rings. The molecule has 22 heteroatoms. The van der Waals surface area contributed by atoms with Gasteiger partial charge in [-0.2, -0.15) is 18.3 Å². The van der Waals surface area contributed by atoms with Crippen molar-refractivity contribution in [1.82, 2.24) is 15.1 Å². The van der Waals surface area contributed by atoms with E-state index in [9.17, 15) is 41.4 Å². The lowest BCUT2D eigenvalue weighted by Gasteiger charge is -2.25. The summed E-state index contributed by atoms with van der Waals surface area (Å²) in [4.78, 5) is 53.4. The van der Waals surface area contributed by atoms with Crippen LogP contribution in [0.5, 0.6) is 0 Å². The molecule has 1 unspecified atom stereocenters. The summed E-state index contributed by atoms with van der Waals surface area (Å²) in [6, 6.07) is 7.89. The van der Waals surface area contributed by atoms with Gasteiger partial charge in [-0.05, 0) is 84.2 Å². The van der Waals surface area contributed by atoms with Gasteiger partial charge in [0.25, 0.3) is 0 Å². The van der Waals surface area contributed by atoms with Gasteiger partial charge < -0.3 is 28.9 Å². The smallest absolute Gasteiger partial charge is 0.434 e. The molecule has 322 valence electrons. The van der Waals surface area contributed by atoms with Crippen LogP contribution >= 0.6 is 46.7 Å². The van der Waals surface area contributed by atoms with Gasteiger partial charge in [0.1, 0.15) is 31.7 Å². The zero-order valence-electron chi connectivity index (χ0n) is 32.8. The maximum absolute atomic E-state index is 14.3. The summed E-state index contributed by atoms with van der Waals surface area (Å²) in [5, 5.41) is 13.5. The highest BCUT2D eigenvalue weighted by molar-refractivity contribution is 9.10. The molecule has 2 aromatic carbocycles. The van der Waals surface area contributed by atoms with Crippen LogP contribution in [0.2, 0.25) is 5.02 Å². The first-order valence-electron chi connectivity index (χ1n) is 16.7. The molecule has 1 heterocycles. The fraction of sp³-hybridized carbons (Fsp3) is 0.486. The number of carboxylic acid groups (broad SMARTS) is 1. The first kappa shape index (κ1) is 54.3. The number of esters is 1. The third kappa shape index (κ3) is 19.7. The van der Waals surface area contributed by atoms with Crippen molar-refractivity contribution in [3.63, 3.8) is 0 Å². The van der Waals surface area contributed by atoms with Crippen molar-refractivity contribution in [3.05, 3.63) is 68.0 Å². The van der Waals surface area contributed by atoms with Gasteiger partial charge in [0.05, 0.1) is 58.4 Å². The van der Waals surface area contributed by atoms with Gasteiger partial charge in [-0.25, -0.2) is 9.18 Å². The maximum atomic E-state index is 14.3. The van der Waals surface area contributed by atoms with Crippen molar-refractivity contribution < 1.29 is 60.9 Å². The van der Waals surface area contributed by atoms with Gasteiger partial charge in [0, 0.05) is 19.2 Å². The molecule has 1 amide bonds. The fourth-order valence-corrected chi connectivity index (χ4v) is 5.89. The number of hydrogen-bond donors (Lipinski definition) is 3. The van der Waals surface area contributed by atoms with Gasteiger partial charge in [-0.3, -0.25) is 24.5 Å². The number of benzene rings is 2. The summed E-state index contributed by atoms with van der Waals surface area (Å²) in [5.74, 6) is -3.07. The number of amides is 1. The number of hydrogen-bond acceptors (Lipinski definition) is 9. The lowest BCUT2D eigenvalue weighted by Crippen LogP contribution is -2.35. The first-order chi connectivity index (χ1) is 26.2. The lowest BCUT2D eigenvalue weighted by atomic mass is 10.0. The van der Waals surface area contributed by atoms with Crippen molar-refractivity contribution in [2.24, 2.45) is 7.05 Å². The van der Waals surface area contributed by atoms with E-state index in [1.165, 1.54) is 0 Å². The summed E-state index contributed by atoms with van der Waals surface area (Å²) < 4.78 is 74.0. The molecule has 1 aromatic heterocycles. The molecule has 1 atom stereocenters. The van der Waals surface area contributed by atoms with Crippen LogP contribution in [0, 0.1) is 12.7 Å². The molecule has 3 N–H and O–H groups in total. The molecular formula is C35H48BrCl2F4N4O9PS. The zero-order chi connectivity index (χ0) is 44.4. The van der Waals surface area contributed by atoms with Crippen molar-refractivity contribution in [1.29, 1.82) is 0 Å². The van der Waals surface area contributed by atoms with E-state index in [1.54, 1.807) is 18.7 Å². The van der Waals surface area contributed by atoms with Gasteiger partial charge in [0.15, 0.2) is 5.69 Å². The second kappa shape index (κ2) is 25.7. The highest BCUT2D eigenvalue weighted by atomic mass is 79.9. The van der Waals surface area contributed by atoms with Crippen LogP contribution in [0.3, 0.4) is 0 Å². The SMILES string of the molecule is CC(C)OC(=O)c1cc(-c2nn(C)c(C(F)(F)F)c2Br)c(F)cc1Cl.CCOCN(C(=O)CCl)c1c(C)cccc1CC.C[S+](C)C.O=C(O)CNCP(=O)([O-])O. The Morgan fingerprint density at radius 1 is 1.18 bits per heavy atom. The van der Waals surface area contributed by atoms with Gasteiger partial charge in [-0.1, -0.05) is 36.7 Å². The average molecular weight is 959 g/mol. The minimum Gasteiger partial charge on any atom is -0.778 e. The molecule has 0 saturated heterocycles. The van der Waals surface area contributed by atoms with E-state index >= 15 is 0 Å². The van der Waals surface area contributed by atoms with E-state index in [2.05, 4.69) is 46.7 Å². The van der Waals surface area contributed by atoms with E-state index in [0.717, 1.165) is 42.4 Å². The number of anilines is 1. The highest BCUT2D eigenvalue weighted by Crippen LogP contribution is 2.41. The van der Waals surface area contributed by atoms with Gasteiger partial charge in [0.2, 0.25) is 5.91 Å². The Morgan fingerprint density at radius 3 is 2.19 bits per heavy atom. The molecule has 0 aliphatic carbocycles. The number of nitrogens with one attached hydrogen (secondary N) is 1. The Morgan fingerprint density at radius 2 is 1.75 bits per heavy atom. The van der Waals surface area contributed by atoms with E-state index in [0.29, 0.717) is 22.2 Å². The predicted octanol–water partition coefficient (Wildman–Crippen LogP) is 7.01. The molecule has 0 bridgehead atoms. The Labute approximate surface area is 351 Å². The molecule has 3 rings (SSSR count). The number of alkyl halides is 4. The zero-order valence-corrected chi connectivity index (χ0v) is 37.6. The molecule has 57 heavy (non-hydrogen) atoms. The van der Waals surface area contributed by atoms with Crippen LogP contribution in [0.15, 0.2) is 34.8 Å². The number of carbonyl (C=O) groups is 3. The minimum atomic E-state index is -4.69. The Balaban J connectivity index is 0.000000852.